The van der Waals surface area contributed by atoms with Crippen molar-refractivity contribution in [3.8, 4) is 5.75 Å². The third kappa shape index (κ3) is 2.37. The van der Waals surface area contributed by atoms with Crippen molar-refractivity contribution in [2.75, 3.05) is 11.5 Å². The van der Waals surface area contributed by atoms with Crippen LogP contribution in [0.25, 0.3) is 0 Å². The second-order valence-corrected chi connectivity index (χ2v) is 7.40. The van der Waals surface area contributed by atoms with E-state index < -0.39 is 15.4 Å². The molecule has 0 spiro atoms. The van der Waals surface area contributed by atoms with Crippen molar-refractivity contribution < 1.29 is 18.3 Å². The van der Waals surface area contributed by atoms with Crippen molar-refractivity contribution in [3.63, 3.8) is 0 Å². The highest BCUT2D eigenvalue weighted by Gasteiger charge is 2.41. The molecular weight excluding hydrogens is 252 g/mol. The van der Waals surface area contributed by atoms with Crippen LogP contribution in [0.15, 0.2) is 24.3 Å². The summed E-state index contributed by atoms with van der Waals surface area (Å²) in [6.45, 7) is 0. The molecule has 0 bridgehead atoms. The Morgan fingerprint density at radius 2 is 1.89 bits per heavy atom. The van der Waals surface area contributed by atoms with Crippen LogP contribution in [0.2, 0.25) is 0 Å². The monoisotopic (exact) mass is 268 g/mol. The molecule has 1 N–H and O–H groups in total. The molecule has 0 amide bonds. The van der Waals surface area contributed by atoms with Gasteiger partial charge in [0.25, 0.3) is 0 Å². The smallest absolute Gasteiger partial charge is 0.153 e. The minimum atomic E-state index is -3.10. The molecule has 1 aliphatic carbocycles. The van der Waals surface area contributed by atoms with E-state index in [0.29, 0.717) is 11.7 Å². The summed E-state index contributed by atoms with van der Waals surface area (Å²) in [5.41, 5.74) is -0.566. The molecule has 98 valence electrons. The van der Waals surface area contributed by atoms with Gasteiger partial charge in [0, 0.05) is 0 Å². The molecule has 4 nitrogen and oxygen atoms in total. The molecule has 1 saturated heterocycles. The first kappa shape index (κ1) is 12.0. The first-order valence-corrected chi connectivity index (χ1v) is 7.99. The molecule has 2 aliphatic rings. The molecule has 2 fully saturated rings. The molecule has 1 saturated carbocycles. The van der Waals surface area contributed by atoms with Crippen molar-refractivity contribution in [2.45, 2.75) is 31.0 Å². The lowest BCUT2D eigenvalue weighted by Crippen LogP contribution is -2.26. The fourth-order valence-corrected chi connectivity index (χ4v) is 4.11. The summed E-state index contributed by atoms with van der Waals surface area (Å²) < 4.78 is 28.5. The van der Waals surface area contributed by atoms with Crippen LogP contribution in [0.1, 0.15) is 24.8 Å². The number of ether oxygens (including phenoxy) is 1. The van der Waals surface area contributed by atoms with E-state index in [9.17, 15) is 13.5 Å². The van der Waals surface area contributed by atoms with Gasteiger partial charge in [-0.15, -0.1) is 0 Å². The van der Waals surface area contributed by atoms with Gasteiger partial charge in [0.1, 0.15) is 11.4 Å². The first-order valence-electron chi connectivity index (χ1n) is 6.17. The number of benzene rings is 1. The molecule has 1 heterocycles. The third-order valence-corrected chi connectivity index (χ3v) is 5.25. The Balaban J connectivity index is 1.79. The van der Waals surface area contributed by atoms with Crippen molar-refractivity contribution in [3.05, 3.63) is 29.8 Å². The largest absolute Gasteiger partial charge is 0.490 e. The van der Waals surface area contributed by atoms with E-state index in [1.54, 1.807) is 24.3 Å². The van der Waals surface area contributed by atoms with Crippen LogP contribution >= 0.6 is 0 Å². The Kier molecular flexibility index (Phi) is 2.64. The summed E-state index contributed by atoms with van der Waals surface area (Å²) in [6.07, 6.45) is 2.82. The van der Waals surface area contributed by atoms with Crippen LogP contribution in [0.4, 0.5) is 0 Å². The molecule has 0 aromatic heterocycles. The maximum atomic E-state index is 11.5. The normalized spacial score (nSPS) is 30.3. The molecular formula is C13H16O4S. The summed E-state index contributed by atoms with van der Waals surface area (Å²) in [5, 5.41) is 10.4. The highest BCUT2D eigenvalue weighted by Crippen LogP contribution is 2.35. The third-order valence-electron chi connectivity index (χ3n) is 3.50. The topological polar surface area (TPSA) is 63.6 Å². The molecule has 5 heteroatoms. The highest BCUT2D eigenvalue weighted by molar-refractivity contribution is 7.91. The maximum absolute atomic E-state index is 11.5. The van der Waals surface area contributed by atoms with Gasteiger partial charge >= 0.3 is 0 Å². The van der Waals surface area contributed by atoms with Gasteiger partial charge in [0.05, 0.1) is 17.6 Å². The summed E-state index contributed by atoms with van der Waals surface area (Å²) >= 11 is 0. The zero-order chi connectivity index (χ0) is 12.8. The molecule has 1 atom stereocenters. The average molecular weight is 268 g/mol. The zero-order valence-corrected chi connectivity index (χ0v) is 10.8. The number of hydrogen-bond acceptors (Lipinski definition) is 4. The summed E-state index contributed by atoms with van der Waals surface area (Å²) in [7, 11) is -3.10. The SMILES string of the molecule is O=S1(=O)CCC(O)(c2ccc(OC3CC3)cc2)C1. The Bertz CT molecular complexity index is 545. The maximum Gasteiger partial charge on any atom is 0.153 e. The van der Waals surface area contributed by atoms with Gasteiger partial charge in [-0.2, -0.15) is 0 Å². The van der Waals surface area contributed by atoms with Crippen LogP contribution in [-0.2, 0) is 15.4 Å². The molecule has 0 radical (unpaired) electrons. The predicted octanol–water partition coefficient (Wildman–Crippen LogP) is 1.23. The van der Waals surface area contributed by atoms with Gasteiger partial charge < -0.3 is 9.84 Å². The quantitative estimate of drug-likeness (QED) is 0.895. The van der Waals surface area contributed by atoms with Crippen molar-refractivity contribution in [1.29, 1.82) is 0 Å². The summed E-state index contributed by atoms with van der Waals surface area (Å²) in [4.78, 5) is 0. The van der Waals surface area contributed by atoms with Gasteiger partial charge in [-0.05, 0) is 37.0 Å². The molecule has 18 heavy (non-hydrogen) atoms. The lowest BCUT2D eigenvalue weighted by atomic mass is 9.93. The fraction of sp³-hybridized carbons (Fsp3) is 0.538. The van der Waals surface area contributed by atoms with E-state index in [-0.39, 0.29) is 17.9 Å². The lowest BCUT2D eigenvalue weighted by molar-refractivity contribution is 0.0652. The van der Waals surface area contributed by atoms with Crippen molar-refractivity contribution in [2.24, 2.45) is 0 Å². The molecule has 1 aromatic carbocycles. The van der Waals surface area contributed by atoms with Gasteiger partial charge in [-0.25, -0.2) is 8.42 Å². The van der Waals surface area contributed by atoms with Crippen LogP contribution in [0, 0.1) is 0 Å². The second-order valence-electron chi connectivity index (χ2n) is 5.22. The van der Waals surface area contributed by atoms with E-state index in [2.05, 4.69) is 0 Å². The van der Waals surface area contributed by atoms with Crippen molar-refractivity contribution >= 4 is 9.84 Å². The number of rotatable bonds is 3. The highest BCUT2D eigenvalue weighted by atomic mass is 32.2. The minimum absolute atomic E-state index is 0.0594. The van der Waals surface area contributed by atoms with Crippen LogP contribution < -0.4 is 4.74 Å². The van der Waals surface area contributed by atoms with Gasteiger partial charge in [0.2, 0.25) is 0 Å². The van der Waals surface area contributed by atoms with Crippen LogP contribution in [-0.4, -0.2) is 31.1 Å². The van der Waals surface area contributed by atoms with E-state index in [4.69, 9.17) is 4.74 Å². The fourth-order valence-electron chi connectivity index (χ4n) is 2.28. The van der Waals surface area contributed by atoms with Crippen LogP contribution in [0.5, 0.6) is 5.75 Å². The number of hydrogen-bond donors (Lipinski definition) is 1. The Morgan fingerprint density at radius 3 is 2.39 bits per heavy atom. The Labute approximate surface area is 107 Å². The molecule has 1 unspecified atom stereocenters. The summed E-state index contributed by atoms with van der Waals surface area (Å²) in [5.74, 6) is 0.665. The number of sulfone groups is 1. The molecule has 1 aliphatic heterocycles. The molecule has 1 aromatic rings. The minimum Gasteiger partial charge on any atom is -0.490 e. The lowest BCUT2D eigenvalue weighted by Gasteiger charge is -2.21. The summed E-state index contributed by atoms with van der Waals surface area (Å²) in [6, 6.07) is 7.13. The standard InChI is InChI=1S/C13H16O4S/c14-13(7-8-18(15,16)9-13)10-1-3-11(4-2-10)17-12-5-6-12/h1-4,12,14H,5-9H2. The van der Waals surface area contributed by atoms with Crippen molar-refractivity contribution in [1.82, 2.24) is 0 Å². The average Bonchev–Trinajstić information content (AvgIpc) is 3.06. The van der Waals surface area contributed by atoms with E-state index in [1.165, 1.54) is 0 Å². The van der Waals surface area contributed by atoms with Gasteiger partial charge in [0.15, 0.2) is 9.84 Å². The van der Waals surface area contributed by atoms with Crippen LogP contribution in [0.3, 0.4) is 0 Å². The van der Waals surface area contributed by atoms with Gasteiger partial charge in [-0.3, -0.25) is 0 Å². The zero-order valence-electron chi connectivity index (χ0n) is 10.0. The Morgan fingerprint density at radius 1 is 1.22 bits per heavy atom. The first-order chi connectivity index (χ1) is 8.47. The van der Waals surface area contributed by atoms with E-state index >= 15 is 0 Å². The number of aliphatic hydroxyl groups is 1. The second kappa shape index (κ2) is 3.96. The van der Waals surface area contributed by atoms with E-state index in [1.807, 2.05) is 0 Å². The predicted molar refractivity (Wildman–Crippen MR) is 67.3 cm³/mol. The Hall–Kier alpha value is -1.07. The molecule has 3 rings (SSSR count). The van der Waals surface area contributed by atoms with Gasteiger partial charge in [-0.1, -0.05) is 12.1 Å². The van der Waals surface area contributed by atoms with E-state index in [0.717, 1.165) is 18.6 Å².